The number of rotatable bonds is 7. The summed E-state index contributed by atoms with van der Waals surface area (Å²) in [6.45, 7) is 2.50. The van der Waals surface area contributed by atoms with Gasteiger partial charge in [-0.15, -0.1) is 0 Å². The van der Waals surface area contributed by atoms with E-state index < -0.39 is 0 Å². The van der Waals surface area contributed by atoms with E-state index in [1.807, 2.05) is 23.0 Å². The quantitative estimate of drug-likeness (QED) is 0.580. The number of methoxy groups -OCH3 is 1. The first kappa shape index (κ1) is 13.4. The van der Waals surface area contributed by atoms with Gasteiger partial charge in [-0.3, -0.25) is 4.68 Å². The highest BCUT2D eigenvalue weighted by molar-refractivity contribution is 5.87. The molecule has 0 aromatic carbocycles. The Balaban J connectivity index is 1.65. The Labute approximate surface area is 111 Å². The summed E-state index contributed by atoms with van der Waals surface area (Å²) < 4.78 is 6.54. The molecule has 0 aliphatic rings. The monoisotopic (exact) mass is 262 g/mol. The van der Waals surface area contributed by atoms with Gasteiger partial charge in [0, 0.05) is 31.2 Å². The van der Waals surface area contributed by atoms with Crippen LogP contribution in [0.1, 0.15) is 22.6 Å². The Hall–Kier alpha value is -2.08. The van der Waals surface area contributed by atoms with Gasteiger partial charge in [0.1, 0.15) is 5.69 Å². The summed E-state index contributed by atoms with van der Waals surface area (Å²) in [7, 11) is 1.37. The average Bonchev–Trinajstić information content (AvgIpc) is 3.08. The fraction of sp³-hybridized carbons (Fsp3) is 0.385. The molecular weight excluding hydrogens is 244 g/mol. The van der Waals surface area contributed by atoms with Gasteiger partial charge in [0.05, 0.1) is 7.11 Å². The van der Waals surface area contributed by atoms with Crippen molar-refractivity contribution in [3.05, 3.63) is 42.0 Å². The highest BCUT2D eigenvalue weighted by Gasteiger charge is 2.07. The number of aromatic nitrogens is 3. The second-order valence-electron chi connectivity index (χ2n) is 4.19. The van der Waals surface area contributed by atoms with Crippen LogP contribution in [0.5, 0.6) is 0 Å². The molecule has 2 heterocycles. The standard InChI is InChI=1S/C13H18N4O2/c1-19-13(18)12-5-4-11(16-12)10-14-6-2-8-17-9-3-7-15-17/h3-5,7,9,14,16H,2,6,8,10H2,1H3. The number of hydrogen-bond donors (Lipinski definition) is 2. The maximum atomic E-state index is 11.3. The van der Waals surface area contributed by atoms with Crippen LogP contribution >= 0.6 is 0 Å². The summed E-state index contributed by atoms with van der Waals surface area (Å²) in [5, 5.41) is 7.45. The number of H-pyrrole nitrogens is 1. The van der Waals surface area contributed by atoms with Gasteiger partial charge in [-0.25, -0.2) is 4.79 Å². The van der Waals surface area contributed by atoms with E-state index in [-0.39, 0.29) is 5.97 Å². The lowest BCUT2D eigenvalue weighted by Gasteiger charge is -2.04. The molecule has 0 atom stereocenters. The van der Waals surface area contributed by atoms with Crippen LogP contribution in [0.15, 0.2) is 30.6 Å². The van der Waals surface area contributed by atoms with Crippen molar-refractivity contribution < 1.29 is 9.53 Å². The first-order valence-corrected chi connectivity index (χ1v) is 6.24. The van der Waals surface area contributed by atoms with Gasteiger partial charge in [0.25, 0.3) is 0 Å². The first-order chi connectivity index (χ1) is 9.29. The van der Waals surface area contributed by atoms with Crippen LogP contribution in [0, 0.1) is 0 Å². The molecule has 0 unspecified atom stereocenters. The summed E-state index contributed by atoms with van der Waals surface area (Å²) in [5.41, 5.74) is 1.45. The molecule has 2 aromatic heterocycles. The van der Waals surface area contributed by atoms with Crippen molar-refractivity contribution in [2.75, 3.05) is 13.7 Å². The van der Waals surface area contributed by atoms with Gasteiger partial charge in [-0.1, -0.05) is 0 Å². The largest absolute Gasteiger partial charge is 0.464 e. The fourth-order valence-corrected chi connectivity index (χ4v) is 1.79. The maximum Gasteiger partial charge on any atom is 0.354 e. The van der Waals surface area contributed by atoms with Crippen LogP contribution in [0.4, 0.5) is 0 Å². The fourth-order valence-electron chi connectivity index (χ4n) is 1.79. The van der Waals surface area contributed by atoms with Crippen LogP contribution < -0.4 is 5.32 Å². The Morgan fingerprint density at radius 3 is 3.16 bits per heavy atom. The SMILES string of the molecule is COC(=O)c1ccc(CNCCCn2cccn2)[nH]1. The summed E-state index contributed by atoms with van der Waals surface area (Å²) in [6.07, 6.45) is 4.74. The summed E-state index contributed by atoms with van der Waals surface area (Å²) in [4.78, 5) is 14.3. The summed E-state index contributed by atoms with van der Waals surface area (Å²) in [6, 6.07) is 5.53. The van der Waals surface area contributed by atoms with Crippen molar-refractivity contribution in [2.24, 2.45) is 0 Å². The zero-order valence-electron chi connectivity index (χ0n) is 10.9. The smallest absolute Gasteiger partial charge is 0.354 e. The first-order valence-electron chi connectivity index (χ1n) is 6.24. The molecule has 0 aliphatic heterocycles. The van der Waals surface area contributed by atoms with E-state index in [1.54, 1.807) is 12.3 Å². The van der Waals surface area contributed by atoms with E-state index in [2.05, 4.69) is 20.1 Å². The lowest BCUT2D eigenvalue weighted by Crippen LogP contribution is -2.17. The molecule has 0 spiro atoms. The molecule has 0 aliphatic carbocycles. The number of nitrogens with zero attached hydrogens (tertiary/aromatic N) is 2. The zero-order chi connectivity index (χ0) is 13.5. The van der Waals surface area contributed by atoms with Gasteiger partial charge in [-0.2, -0.15) is 5.10 Å². The van der Waals surface area contributed by atoms with Crippen LogP contribution in [-0.4, -0.2) is 34.4 Å². The van der Waals surface area contributed by atoms with E-state index in [1.165, 1.54) is 7.11 Å². The molecule has 19 heavy (non-hydrogen) atoms. The van der Waals surface area contributed by atoms with E-state index in [0.717, 1.165) is 25.2 Å². The summed E-state index contributed by atoms with van der Waals surface area (Å²) in [5.74, 6) is -0.343. The molecule has 0 amide bonds. The molecule has 2 aromatic rings. The third-order valence-electron chi connectivity index (χ3n) is 2.77. The Bertz CT molecular complexity index is 504. The van der Waals surface area contributed by atoms with Crippen molar-refractivity contribution in [3.63, 3.8) is 0 Å². The molecule has 102 valence electrons. The normalized spacial score (nSPS) is 10.6. The minimum atomic E-state index is -0.343. The molecule has 2 N–H and O–H groups in total. The van der Waals surface area contributed by atoms with Gasteiger partial charge in [0.15, 0.2) is 0 Å². The minimum absolute atomic E-state index is 0.343. The lowest BCUT2D eigenvalue weighted by atomic mass is 10.4. The third-order valence-corrected chi connectivity index (χ3v) is 2.77. The Morgan fingerprint density at radius 2 is 2.42 bits per heavy atom. The maximum absolute atomic E-state index is 11.3. The number of aromatic amines is 1. The Morgan fingerprint density at radius 1 is 1.53 bits per heavy atom. The number of ether oxygens (including phenoxy) is 1. The van der Waals surface area contributed by atoms with Crippen molar-refractivity contribution in [1.82, 2.24) is 20.1 Å². The molecule has 6 heteroatoms. The van der Waals surface area contributed by atoms with Crippen molar-refractivity contribution in [2.45, 2.75) is 19.5 Å². The highest BCUT2D eigenvalue weighted by atomic mass is 16.5. The molecule has 0 fully saturated rings. The van der Waals surface area contributed by atoms with Crippen LogP contribution in [0.3, 0.4) is 0 Å². The molecule has 0 radical (unpaired) electrons. The van der Waals surface area contributed by atoms with E-state index in [9.17, 15) is 4.79 Å². The van der Waals surface area contributed by atoms with Gasteiger partial charge in [-0.05, 0) is 31.2 Å². The lowest BCUT2D eigenvalue weighted by molar-refractivity contribution is 0.0594. The van der Waals surface area contributed by atoms with Gasteiger partial charge < -0.3 is 15.0 Å². The van der Waals surface area contributed by atoms with Gasteiger partial charge >= 0.3 is 5.97 Å². The van der Waals surface area contributed by atoms with Gasteiger partial charge in [0.2, 0.25) is 0 Å². The number of nitrogens with one attached hydrogen (secondary N) is 2. The number of esters is 1. The predicted molar refractivity (Wildman–Crippen MR) is 70.7 cm³/mol. The van der Waals surface area contributed by atoms with Crippen molar-refractivity contribution in [3.8, 4) is 0 Å². The van der Waals surface area contributed by atoms with E-state index in [0.29, 0.717) is 12.2 Å². The van der Waals surface area contributed by atoms with E-state index in [4.69, 9.17) is 0 Å². The molecule has 0 saturated carbocycles. The molecular formula is C13H18N4O2. The number of carbonyl (C=O) groups excluding carboxylic acids is 1. The van der Waals surface area contributed by atoms with Crippen LogP contribution in [0.25, 0.3) is 0 Å². The van der Waals surface area contributed by atoms with E-state index >= 15 is 0 Å². The molecule has 0 bridgehead atoms. The average molecular weight is 262 g/mol. The summed E-state index contributed by atoms with van der Waals surface area (Å²) >= 11 is 0. The second kappa shape index (κ2) is 6.75. The molecule has 2 rings (SSSR count). The zero-order valence-corrected chi connectivity index (χ0v) is 10.9. The minimum Gasteiger partial charge on any atom is -0.464 e. The third kappa shape index (κ3) is 3.96. The second-order valence-corrected chi connectivity index (χ2v) is 4.19. The Kier molecular flexibility index (Phi) is 4.74. The topological polar surface area (TPSA) is 71.9 Å². The van der Waals surface area contributed by atoms with Crippen molar-refractivity contribution >= 4 is 5.97 Å². The number of aryl methyl sites for hydroxylation is 1. The highest BCUT2D eigenvalue weighted by Crippen LogP contribution is 2.03. The van der Waals surface area contributed by atoms with Crippen LogP contribution in [-0.2, 0) is 17.8 Å². The van der Waals surface area contributed by atoms with Crippen LogP contribution in [0.2, 0.25) is 0 Å². The molecule has 6 nitrogen and oxygen atoms in total. The predicted octanol–water partition coefficient (Wildman–Crippen LogP) is 1.18. The number of carbonyl (C=O) groups is 1. The van der Waals surface area contributed by atoms with Crippen molar-refractivity contribution in [1.29, 1.82) is 0 Å². The molecule has 0 saturated heterocycles. The number of hydrogen-bond acceptors (Lipinski definition) is 4.